The lowest BCUT2D eigenvalue weighted by Gasteiger charge is -2.07. The maximum Gasteiger partial charge on any atom is 0.240 e. The van der Waals surface area contributed by atoms with E-state index < -0.39 is 0 Å². The number of nitrogens with one attached hydrogen (secondary N) is 1. The summed E-state index contributed by atoms with van der Waals surface area (Å²) in [5.41, 5.74) is 0. The Labute approximate surface area is 99.5 Å². The summed E-state index contributed by atoms with van der Waals surface area (Å²) in [6.45, 7) is 5.06. The predicted molar refractivity (Wildman–Crippen MR) is 62.2 cm³/mol. The van der Waals surface area contributed by atoms with E-state index >= 15 is 0 Å². The number of hydrogen-bond acceptors (Lipinski definition) is 6. The molecule has 0 bridgehead atoms. The Morgan fingerprint density at radius 2 is 2.06 bits per heavy atom. The second kappa shape index (κ2) is 5.49. The number of hydrogen-bond donors (Lipinski definition) is 1. The van der Waals surface area contributed by atoms with Crippen LogP contribution in [-0.4, -0.2) is 32.7 Å². The van der Waals surface area contributed by atoms with Gasteiger partial charge in [0.25, 0.3) is 0 Å². The second-order valence-corrected chi connectivity index (χ2v) is 3.75. The van der Waals surface area contributed by atoms with Crippen LogP contribution in [0, 0.1) is 0 Å². The summed E-state index contributed by atoms with van der Waals surface area (Å²) in [5.74, 6) is 1.52. The van der Waals surface area contributed by atoms with Gasteiger partial charge in [-0.15, -0.1) is 0 Å². The topological polar surface area (TPSA) is 76.7 Å². The fourth-order valence-corrected chi connectivity index (χ4v) is 1.53. The van der Waals surface area contributed by atoms with Crippen molar-refractivity contribution in [3.8, 4) is 11.6 Å². The predicted octanol–water partition coefficient (Wildman–Crippen LogP) is 1.07. The summed E-state index contributed by atoms with van der Waals surface area (Å²) in [6.07, 6.45) is 4.01. The van der Waals surface area contributed by atoms with Crippen LogP contribution in [0.5, 0.6) is 0 Å². The van der Waals surface area contributed by atoms with Crippen molar-refractivity contribution < 1.29 is 4.52 Å². The van der Waals surface area contributed by atoms with Crippen LogP contribution in [0.15, 0.2) is 23.0 Å². The van der Waals surface area contributed by atoms with Gasteiger partial charge in [-0.25, -0.2) is 9.97 Å². The number of likely N-dealkylation sites (N-methyl/N-ethyl adjacent to an activating group) is 1. The molecule has 1 N–H and O–H groups in total. The number of rotatable bonds is 5. The zero-order chi connectivity index (χ0) is 12.1. The van der Waals surface area contributed by atoms with Gasteiger partial charge in [-0.2, -0.15) is 4.98 Å². The molecule has 0 radical (unpaired) electrons. The molecule has 6 heteroatoms. The van der Waals surface area contributed by atoms with E-state index in [1.54, 1.807) is 18.5 Å². The van der Waals surface area contributed by atoms with Crippen LogP contribution in [0.3, 0.4) is 0 Å². The summed E-state index contributed by atoms with van der Waals surface area (Å²) >= 11 is 0. The molecule has 1 atom stereocenters. The highest BCUT2D eigenvalue weighted by atomic mass is 16.5. The summed E-state index contributed by atoms with van der Waals surface area (Å²) in [6, 6.07) is 2.06. The van der Waals surface area contributed by atoms with Crippen LogP contribution in [0.25, 0.3) is 11.6 Å². The zero-order valence-corrected chi connectivity index (χ0v) is 9.92. The average molecular weight is 233 g/mol. The average Bonchev–Trinajstić information content (AvgIpc) is 2.79. The SMILES string of the molecule is CCNC(C)Cc1nc(-c2ncccn2)no1. The third kappa shape index (κ3) is 3.07. The number of nitrogens with zero attached hydrogens (tertiary/aromatic N) is 4. The fraction of sp³-hybridized carbons (Fsp3) is 0.455. The molecule has 0 aliphatic heterocycles. The molecule has 0 amide bonds. The monoisotopic (exact) mass is 233 g/mol. The molecule has 0 saturated carbocycles. The van der Waals surface area contributed by atoms with Crippen molar-refractivity contribution in [2.24, 2.45) is 0 Å². The lowest BCUT2D eigenvalue weighted by atomic mass is 10.2. The van der Waals surface area contributed by atoms with Gasteiger partial charge in [0, 0.05) is 24.9 Å². The van der Waals surface area contributed by atoms with Gasteiger partial charge in [0.05, 0.1) is 0 Å². The van der Waals surface area contributed by atoms with Crippen LogP contribution in [-0.2, 0) is 6.42 Å². The van der Waals surface area contributed by atoms with Crippen LogP contribution in [0.2, 0.25) is 0 Å². The van der Waals surface area contributed by atoms with E-state index in [-0.39, 0.29) is 0 Å². The largest absolute Gasteiger partial charge is 0.339 e. The third-order valence-corrected chi connectivity index (χ3v) is 2.27. The highest BCUT2D eigenvalue weighted by molar-refractivity contribution is 5.40. The van der Waals surface area contributed by atoms with Gasteiger partial charge in [0.2, 0.25) is 17.5 Å². The van der Waals surface area contributed by atoms with Gasteiger partial charge >= 0.3 is 0 Å². The quantitative estimate of drug-likeness (QED) is 0.832. The molecule has 0 aliphatic rings. The van der Waals surface area contributed by atoms with Crippen molar-refractivity contribution in [3.05, 3.63) is 24.4 Å². The molecule has 0 saturated heterocycles. The zero-order valence-electron chi connectivity index (χ0n) is 9.92. The molecule has 2 aromatic rings. The standard InChI is InChI=1S/C11H15N5O/c1-3-12-8(2)7-9-15-11(16-17-9)10-13-5-4-6-14-10/h4-6,8,12H,3,7H2,1-2H3. The van der Waals surface area contributed by atoms with E-state index in [1.807, 2.05) is 0 Å². The van der Waals surface area contributed by atoms with Crippen LogP contribution < -0.4 is 5.32 Å². The van der Waals surface area contributed by atoms with Gasteiger partial charge < -0.3 is 9.84 Å². The molecule has 90 valence electrons. The molecular formula is C11H15N5O. The van der Waals surface area contributed by atoms with Crippen molar-refractivity contribution in [3.63, 3.8) is 0 Å². The molecule has 17 heavy (non-hydrogen) atoms. The fourth-order valence-electron chi connectivity index (χ4n) is 1.53. The first kappa shape index (κ1) is 11.7. The summed E-state index contributed by atoms with van der Waals surface area (Å²) in [5, 5.41) is 7.14. The highest BCUT2D eigenvalue weighted by Gasteiger charge is 2.12. The van der Waals surface area contributed by atoms with E-state index in [2.05, 4.69) is 39.3 Å². The molecule has 2 aromatic heterocycles. The van der Waals surface area contributed by atoms with Crippen molar-refractivity contribution in [2.45, 2.75) is 26.3 Å². The summed E-state index contributed by atoms with van der Waals surface area (Å²) in [7, 11) is 0. The minimum Gasteiger partial charge on any atom is -0.339 e. The van der Waals surface area contributed by atoms with E-state index in [1.165, 1.54) is 0 Å². The van der Waals surface area contributed by atoms with E-state index in [9.17, 15) is 0 Å². The molecule has 2 rings (SSSR count). The second-order valence-electron chi connectivity index (χ2n) is 3.75. The van der Waals surface area contributed by atoms with Crippen molar-refractivity contribution in [2.75, 3.05) is 6.54 Å². The minimum absolute atomic E-state index is 0.310. The minimum atomic E-state index is 0.310. The normalized spacial score (nSPS) is 12.6. The molecule has 2 heterocycles. The van der Waals surface area contributed by atoms with Crippen LogP contribution in [0.4, 0.5) is 0 Å². The van der Waals surface area contributed by atoms with Crippen molar-refractivity contribution >= 4 is 0 Å². The van der Waals surface area contributed by atoms with Gasteiger partial charge in [-0.05, 0) is 19.5 Å². The van der Waals surface area contributed by atoms with Gasteiger partial charge in [0.1, 0.15) is 0 Å². The summed E-state index contributed by atoms with van der Waals surface area (Å²) < 4.78 is 5.15. The molecule has 0 aromatic carbocycles. The molecule has 1 unspecified atom stereocenters. The maximum atomic E-state index is 5.15. The first-order valence-corrected chi connectivity index (χ1v) is 5.63. The maximum absolute atomic E-state index is 5.15. The highest BCUT2D eigenvalue weighted by Crippen LogP contribution is 2.10. The molecular weight excluding hydrogens is 218 g/mol. The first-order valence-electron chi connectivity index (χ1n) is 5.63. The van der Waals surface area contributed by atoms with Gasteiger partial charge in [-0.1, -0.05) is 12.1 Å². The van der Waals surface area contributed by atoms with E-state index in [0.717, 1.165) is 6.54 Å². The lowest BCUT2D eigenvalue weighted by molar-refractivity contribution is 0.363. The van der Waals surface area contributed by atoms with Crippen LogP contribution >= 0.6 is 0 Å². The van der Waals surface area contributed by atoms with Crippen molar-refractivity contribution in [1.82, 2.24) is 25.4 Å². The Balaban J connectivity index is 2.06. The van der Waals surface area contributed by atoms with E-state index in [0.29, 0.717) is 30.0 Å². The van der Waals surface area contributed by atoms with Crippen LogP contribution in [0.1, 0.15) is 19.7 Å². The lowest BCUT2D eigenvalue weighted by Crippen LogP contribution is -2.27. The smallest absolute Gasteiger partial charge is 0.240 e. The Bertz CT molecular complexity index is 456. The Hall–Kier alpha value is -1.82. The number of aromatic nitrogens is 4. The third-order valence-electron chi connectivity index (χ3n) is 2.27. The molecule has 0 aliphatic carbocycles. The van der Waals surface area contributed by atoms with Gasteiger partial charge in [0.15, 0.2) is 0 Å². The van der Waals surface area contributed by atoms with E-state index in [4.69, 9.17) is 4.52 Å². The molecule has 6 nitrogen and oxygen atoms in total. The Morgan fingerprint density at radius 3 is 2.76 bits per heavy atom. The molecule has 0 fully saturated rings. The summed E-state index contributed by atoms with van der Waals surface area (Å²) in [4.78, 5) is 12.4. The molecule has 0 spiro atoms. The van der Waals surface area contributed by atoms with Crippen molar-refractivity contribution in [1.29, 1.82) is 0 Å². The van der Waals surface area contributed by atoms with Gasteiger partial charge in [-0.3, -0.25) is 0 Å². The first-order chi connectivity index (χ1) is 8.29. The Morgan fingerprint density at radius 1 is 1.29 bits per heavy atom. The Kier molecular flexibility index (Phi) is 3.77.